The average Bonchev–Trinajstić information content (AvgIpc) is 2.83. The van der Waals surface area contributed by atoms with E-state index in [-0.39, 0.29) is 17.6 Å². The number of halogens is 2. The average molecular weight is 285 g/mol. The summed E-state index contributed by atoms with van der Waals surface area (Å²) in [6.07, 6.45) is 0.186. The van der Waals surface area contributed by atoms with Crippen LogP contribution in [0.15, 0.2) is 18.2 Å². The number of rotatable bonds is 5. The number of likely N-dealkylation sites (tertiary alicyclic amines) is 1. The Morgan fingerprint density at radius 2 is 1.90 bits per heavy atom. The molecular weight excluding hydrogens is 264 g/mol. The van der Waals surface area contributed by atoms with Crippen molar-refractivity contribution in [3.63, 3.8) is 0 Å². The molecule has 2 rings (SSSR count). The van der Waals surface area contributed by atoms with Gasteiger partial charge in [0.1, 0.15) is 11.6 Å². The highest BCUT2D eigenvalue weighted by molar-refractivity contribution is 5.20. The van der Waals surface area contributed by atoms with Gasteiger partial charge in [0.25, 0.3) is 0 Å². The van der Waals surface area contributed by atoms with Crippen molar-refractivity contribution >= 4 is 0 Å². The minimum Gasteiger partial charge on any atom is -0.393 e. The predicted octanol–water partition coefficient (Wildman–Crippen LogP) is 2.09. The van der Waals surface area contributed by atoms with Crippen LogP contribution in [0.4, 0.5) is 8.78 Å². The van der Waals surface area contributed by atoms with Gasteiger partial charge in [-0.3, -0.25) is 0 Å². The maximum Gasteiger partial charge on any atom is 0.126 e. The van der Waals surface area contributed by atoms with Crippen LogP contribution in [0.1, 0.15) is 31.4 Å². The van der Waals surface area contributed by atoms with E-state index in [1.807, 2.05) is 0 Å². The molecule has 0 bridgehead atoms. The lowest BCUT2D eigenvalue weighted by Crippen LogP contribution is -2.26. The Morgan fingerprint density at radius 3 is 2.45 bits per heavy atom. The SMILES string of the molecule is CC(O)C1CCN(CCC(O)c2cc(F)cc(F)c2)C1. The highest BCUT2D eigenvalue weighted by atomic mass is 19.1. The molecule has 5 heteroatoms. The fourth-order valence-electron chi connectivity index (χ4n) is 2.70. The number of hydrogen-bond acceptors (Lipinski definition) is 3. The van der Waals surface area contributed by atoms with Crippen LogP contribution < -0.4 is 0 Å². The maximum atomic E-state index is 13.1. The van der Waals surface area contributed by atoms with Gasteiger partial charge in [0.15, 0.2) is 0 Å². The first-order valence-electron chi connectivity index (χ1n) is 7.00. The number of nitrogens with zero attached hydrogens (tertiary/aromatic N) is 1. The molecule has 0 aromatic heterocycles. The number of aliphatic hydroxyl groups excluding tert-OH is 2. The van der Waals surface area contributed by atoms with E-state index < -0.39 is 17.7 Å². The number of benzene rings is 1. The molecule has 112 valence electrons. The lowest BCUT2D eigenvalue weighted by Gasteiger charge is -2.19. The lowest BCUT2D eigenvalue weighted by atomic mass is 10.0. The van der Waals surface area contributed by atoms with E-state index in [1.165, 1.54) is 0 Å². The Labute approximate surface area is 117 Å². The molecule has 1 aliphatic rings. The summed E-state index contributed by atoms with van der Waals surface area (Å²) in [7, 11) is 0. The summed E-state index contributed by atoms with van der Waals surface area (Å²) < 4.78 is 26.2. The van der Waals surface area contributed by atoms with Crippen LogP contribution in [-0.2, 0) is 0 Å². The van der Waals surface area contributed by atoms with Crippen LogP contribution >= 0.6 is 0 Å². The molecule has 1 saturated heterocycles. The van der Waals surface area contributed by atoms with Crippen LogP contribution in [0.25, 0.3) is 0 Å². The molecule has 3 unspecified atom stereocenters. The van der Waals surface area contributed by atoms with Gasteiger partial charge >= 0.3 is 0 Å². The summed E-state index contributed by atoms with van der Waals surface area (Å²) in [4.78, 5) is 2.16. The Balaban J connectivity index is 1.85. The molecule has 0 spiro atoms. The van der Waals surface area contributed by atoms with Crippen molar-refractivity contribution in [1.29, 1.82) is 0 Å². The van der Waals surface area contributed by atoms with Crippen molar-refractivity contribution in [2.45, 2.75) is 32.0 Å². The molecule has 0 amide bonds. The quantitative estimate of drug-likeness (QED) is 0.870. The molecule has 0 saturated carbocycles. The number of aliphatic hydroxyl groups is 2. The first kappa shape index (κ1) is 15.4. The third-order valence-electron chi connectivity index (χ3n) is 3.98. The van der Waals surface area contributed by atoms with E-state index in [1.54, 1.807) is 6.92 Å². The van der Waals surface area contributed by atoms with E-state index in [2.05, 4.69) is 4.90 Å². The van der Waals surface area contributed by atoms with Crippen molar-refractivity contribution < 1.29 is 19.0 Å². The highest BCUT2D eigenvalue weighted by Gasteiger charge is 2.26. The van der Waals surface area contributed by atoms with Crippen LogP contribution in [0.3, 0.4) is 0 Å². The van der Waals surface area contributed by atoms with Crippen LogP contribution in [-0.4, -0.2) is 40.9 Å². The van der Waals surface area contributed by atoms with Gasteiger partial charge in [0.05, 0.1) is 12.2 Å². The first-order valence-corrected chi connectivity index (χ1v) is 7.00. The van der Waals surface area contributed by atoms with Crippen LogP contribution in [0, 0.1) is 17.6 Å². The largest absolute Gasteiger partial charge is 0.393 e. The zero-order valence-corrected chi connectivity index (χ0v) is 11.6. The minimum absolute atomic E-state index is 0.272. The summed E-state index contributed by atoms with van der Waals surface area (Å²) in [5.41, 5.74) is 0.272. The normalized spacial score (nSPS) is 22.9. The fourth-order valence-corrected chi connectivity index (χ4v) is 2.70. The maximum absolute atomic E-state index is 13.1. The predicted molar refractivity (Wildman–Crippen MR) is 72.2 cm³/mol. The summed E-state index contributed by atoms with van der Waals surface area (Å²) in [6.45, 7) is 4.14. The van der Waals surface area contributed by atoms with E-state index in [9.17, 15) is 19.0 Å². The topological polar surface area (TPSA) is 43.7 Å². The Bertz CT molecular complexity index is 433. The van der Waals surface area contributed by atoms with Gasteiger partial charge in [-0.25, -0.2) is 8.78 Å². The minimum atomic E-state index is -0.870. The Hall–Kier alpha value is -1.04. The second-order valence-corrected chi connectivity index (χ2v) is 5.60. The fraction of sp³-hybridized carbons (Fsp3) is 0.600. The zero-order valence-electron chi connectivity index (χ0n) is 11.6. The molecule has 1 aromatic rings. The van der Waals surface area contributed by atoms with Crippen LogP contribution in [0.2, 0.25) is 0 Å². The second kappa shape index (κ2) is 6.61. The van der Waals surface area contributed by atoms with Crippen molar-refractivity contribution in [2.75, 3.05) is 19.6 Å². The zero-order chi connectivity index (χ0) is 14.7. The van der Waals surface area contributed by atoms with E-state index in [0.29, 0.717) is 13.0 Å². The smallest absolute Gasteiger partial charge is 0.126 e. The Kier molecular flexibility index (Phi) is 5.07. The van der Waals surface area contributed by atoms with Crippen molar-refractivity contribution in [3.8, 4) is 0 Å². The van der Waals surface area contributed by atoms with Gasteiger partial charge in [-0.2, -0.15) is 0 Å². The van der Waals surface area contributed by atoms with Gasteiger partial charge in [0.2, 0.25) is 0 Å². The van der Waals surface area contributed by atoms with Gasteiger partial charge in [-0.05, 0) is 49.9 Å². The summed E-state index contributed by atoms with van der Waals surface area (Å²) in [6, 6.07) is 3.12. The molecule has 20 heavy (non-hydrogen) atoms. The molecular formula is C15H21F2NO2. The van der Waals surface area contributed by atoms with Gasteiger partial charge < -0.3 is 15.1 Å². The second-order valence-electron chi connectivity index (χ2n) is 5.60. The standard InChI is InChI=1S/C15H21F2NO2/c1-10(19)11-2-4-18(9-11)5-3-15(20)12-6-13(16)8-14(17)7-12/h6-8,10-11,15,19-20H,2-5,9H2,1H3. The molecule has 2 N–H and O–H groups in total. The lowest BCUT2D eigenvalue weighted by molar-refractivity contribution is 0.121. The highest BCUT2D eigenvalue weighted by Crippen LogP contribution is 2.23. The van der Waals surface area contributed by atoms with E-state index in [0.717, 1.165) is 37.7 Å². The van der Waals surface area contributed by atoms with Crippen LogP contribution in [0.5, 0.6) is 0 Å². The van der Waals surface area contributed by atoms with Crippen molar-refractivity contribution in [1.82, 2.24) is 4.90 Å². The van der Waals surface area contributed by atoms with Gasteiger partial charge in [-0.1, -0.05) is 0 Å². The number of hydrogen-bond donors (Lipinski definition) is 2. The Morgan fingerprint density at radius 1 is 1.25 bits per heavy atom. The third-order valence-corrected chi connectivity index (χ3v) is 3.98. The molecule has 0 radical (unpaired) electrons. The molecule has 1 fully saturated rings. The first-order chi connectivity index (χ1) is 9.45. The molecule has 1 aromatic carbocycles. The summed E-state index contributed by atoms with van der Waals surface area (Å²) in [5.74, 6) is -1.07. The van der Waals surface area contributed by atoms with Crippen molar-refractivity contribution in [3.05, 3.63) is 35.4 Å². The van der Waals surface area contributed by atoms with Crippen molar-refractivity contribution in [2.24, 2.45) is 5.92 Å². The van der Waals surface area contributed by atoms with E-state index in [4.69, 9.17) is 0 Å². The third kappa shape index (κ3) is 3.98. The monoisotopic (exact) mass is 285 g/mol. The molecule has 1 heterocycles. The summed E-state index contributed by atoms with van der Waals surface area (Å²) in [5, 5.41) is 19.5. The van der Waals surface area contributed by atoms with Gasteiger partial charge in [0, 0.05) is 19.2 Å². The molecule has 0 aliphatic carbocycles. The summed E-state index contributed by atoms with van der Waals surface area (Å²) >= 11 is 0. The molecule has 3 atom stereocenters. The van der Waals surface area contributed by atoms with E-state index >= 15 is 0 Å². The molecule has 1 aliphatic heterocycles. The molecule has 3 nitrogen and oxygen atoms in total. The van der Waals surface area contributed by atoms with Gasteiger partial charge in [-0.15, -0.1) is 0 Å².